The molecule has 52 heavy (non-hydrogen) atoms. The van der Waals surface area contributed by atoms with Gasteiger partial charge in [-0.1, -0.05) is 51.0 Å². The molecule has 0 bridgehead atoms. The molecule has 0 aliphatic rings. The van der Waals surface area contributed by atoms with Crippen molar-refractivity contribution in [2.45, 2.75) is 72.3 Å². The fraction of sp³-hybridized carbons (Fsp3) is 0.450. The zero-order chi connectivity index (χ0) is 38.3. The number of anilines is 2. The van der Waals surface area contributed by atoms with Crippen LogP contribution in [-0.2, 0) is 38.1 Å². The topological polar surface area (TPSA) is 159 Å². The van der Waals surface area contributed by atoms with Crippen LogP contribution in [0.2, 0.25) is 0 Å². The number of esters is 3. The highest BCUT2D eigenvalue weighted by molar-refractivity contribution is 5.98. The van der Waals surface area contributed by atoms with Crippen molar-refractivity contribution in [2.24, 2.45) is 0 Å². The zero-order valence-corrected chi connectivity index (χ0v) is 30.9. The molecule has 12 nitrogen and oxygen atoms in total. The lowest BCUT2D eigenvalue weighted by atomic mass is 10.1. The number of carbonyl (C=O) groups is 4. The minimum Gasteiger partial charge on any atom is -0.465 e. The predicted octanol–water partition coefficient (Wildman–Crippen LogP) is 6.40. The van der Waals surface area contributed by atoms with Crippen LogP contribution in [0.1, 0.15) is 77.3 Å². The summed E-state index contributed by atoms with van der Waals surface area (Å²) in [4.78, 5) is 53.0. The summed E-state index contributed by atoms with van der Waals surface area (Å²) in [6, 6.07) is 18.4. The van der Waals surface area contributed by atoms with Crippen LogP contribution in [-0.4, -0.2) is 76.5 Å². The van der Waals surface area contributed by atoms with Crippen molar-refractivity contribution < 1.29 is 38.1 Å². The van der Waals surface area contributed by atoms with Gasteiger partial charge in [-0.2, -0.15) is 10.5 Å². The second kappa shape index (κ2) is 23.9. The Morgan fingerprint density at radius 3 is 1.77 bits per heavy atom. The summed E-state index contributed by atoms with van der Waals surface area (Å²) in [5.41, 5.74) is 2.93. The Morgan fingerprint density at radius 2 is 1.27 bits per heavy atom. The van der Waals surface area contributed by atoms with Gasteiger partial charge >= 0.3 is 17.9 Å². The van der Waals surface area contributed by atoms with Gasteiger partial charge in [0.05, 0.1) is 26.2 Å². The van der Waals surface area contributed by atoms with E-state index in [9.17, 15) is 29.7 Å². The third-order valence-electron chi connectivity index (χ3n) is 7.65. The van der Waals surface area contributed by atoms with E-state index in [1.807, 2.05) is 41.3 Å². The molecule has 2 aromatic rings. The number of hydrogen-bond acceptors (Lipinski definition) is 12. The number of methoxy groups -OCH3 is 1. The first kappa shape index (κ1) is 42.7. The third-order valence-corrected chi connectivity index (χ3v) is 7.65. The molecule has 0 unspecified atom stereocenters. The largest absolute Gasteiger partial charge is 0.465 e. The zero-order valence-electron chi connectivity index (χ0n) is 30.9. The molecule has 0 radical (unpaired) electrons. The second-order valence-electron chi connectivity index (χ2n) is 12.2. The molecule has 2 aromatic carbocycles. The number of nitrogens with zero attached hydrogens (tertiary/aromatic N) is 4. The number of ketones is 1. The van der Waals surface area contributed by atoms with E-state index in [4.69, 9.17) is 14.2 Å². The number of rotatable bonds is 23. The van der Waals surface area contributed by atoms with Gasteiger partial charge in [0, 0.05) is 30.9 Å². The Bertz CT molecular complexity index is 1600. The highest BCUT2D eigenvalue weighted by atomic mass is 16.5. The summed E-state index contributed by atoms with van der Waals surface area (Å²) in [5.74, 6) is -2.05. The van der Waals surface area contributed by atoms with E-state index < -0.39 is 17.9 Å². The molecule has 2 rings (SSSR count). The average molecular weight is 715 g/mol. The highest BCUT2D eigenvalue weighted by Gasteiger charge is 2.15. The molecular weight excluding hydrogens is 664 g/mol. The Hall–Kier alpha value is -5.46. The van der Waals surface area contributed by atoms with E-state index in [2.05, 4.69) is 23.5 Å². The number of unbranched alkanes of at least 4 members (excludes halogenated alkanes) is 2. The van der Waals surface area contributed by atoms with Crippen LogP contribution in [0.15, 0.2) is 59.7 Å². The van der Waals surface area contributed by atoms with Gasteiger partial charge in [0.2, 0.25) is 0 Å². The third kappa shape index (κ3) is 15.6. The Morgan fingerprint density at radius 1 is 0.750 bits per heavy atom. The quantitative estimate of drug-likeness (QED) is 0.0410. The van der Waals surface area contributed by atoms with E-state index >= 15 is 0 Å². The highest BCUT2D eigenvalue weighted by Crippen LogP contribution is 2.20. The van der Waals surface area contributed by atoms with Gasteiger partial charge in [-0.15, -0.1) is 0 Å². The number of hydrogen-bond donors (Lipinski definition) is 0. The van der Waals surface area contributed by atoms with E-state index in [0.717, 1.165) is 43.6 Å². The number of nitriles is 2. The lowest BCUT2D eigenvalue weighted by Crippen LogP contribution is -2.29. The van der Waals surface area contributed by atoms with Crippen molar-refractivity contribution in [3.05, 3.63) is 70.8 Å². The van der Waals surface area contributed by atoms with Gasteiger partial charge in [0.25, 0.3) is 0 Å². The van der Waals surface area contributed by atoms with Crippen LogP contribution < -0.4 is 9.80 Å². The molecule has 0 saturated heterocycles. The van der Waals surface area contributed by atoms with Crippen LogP contribution >= 0.6 is 0 Å². The van der Waals surface area contributed by atoms with Gasteiger partial charge in [-0.05, 0) is 74.2 Å². The van der Waals surface area contributed by atoms with Crippen LogP contribution in [0.3, 0.4) is 0 Å². The smallest absolute Gasteiger partial charge is 0.349 e. The first-order valence-corrected chi connectivity index (χ1v) is 17.5. The SMILES string of the molecule is CCCCN(CCOC(=O)CCC(=O)COCN(CCCC)c1ccc(/C=C(\C#N)C(=O)OC(C)C)cc1)c1ccc(/C=C(\C#N)C(=O)OC)cc1. The van der Waals surface area contributed by atoms with E-state index in [-0.39, 0.29) is 55.8 Å². The number of benzene rings is 2. The summed E-state index contributed by atoms with van der Waals surface area (Å²) in [7, 11) is 1.22. The maximum Gasteiger partial charge on any atom is 0.349 e. The summed E-state index contributed by atoms with van der Waals surface area (Å²) in [6.07, 6.45) is 6.34. The Labute approximate surface area is 307 Å². The lowest BCUT2D eigenvalue weighted by Gasteiger charge is -2.25. The van der Waals surface area contributed by atoms with Crippen LogP contribution in [0.5, 0.6) is 0 Å². The summed E-state index contributed by atoms with van der Waals surface area (Å²) >= 11 is 0. The van der Waals surface area contributed by atoms with Crippen molar-refractivity contribution in [1.82, 2.24) is 0 Å². The van der Waals surface area contributed by atoms with E-state index in [1.165, 1.54) is 19.3 Å². The maximum atomic E-state index is 12.6. The Balaban J connectivity index is 1.86. The molecule has 0 aliphatic heterocycles. The van der Waals surface area contributed by atoms with Crippen molar-refractivity contribution in [3.8, 4) is 12.1 Å². The van der Waals surface area contributed by atoms with Gasteiger partial charge in [0.15, 0.2) is 5.78 Å². The molecule has 0 spiro atoms. The van der Waals surface area contributed by atoms with Gasteiger partial charge in [0.1, 0.15) is 43.2 Å². The molecular formula is C40H50N4O8. The maximum absolute atomic E-state index is 12.6. The number of ether oxygens (including phenoxy) is 4. The van der Waals surface area contributed by atoms with Crippen molar-refractivity contribution >= 4 is 47.2 Å². The van der Waals surface area contributed by atoms with Crippen molar-refractivity contribution in [1.29, 1.82) is 10.5 Å². The van der Waals surface area contributed by atoms with Crippen LogP contribution in [0.4, 0.5) is 11.4 Å². The fourth-order valence-corrected chi connectivity index (χ4v) is 4.82. The molecule has 0 N–H and O–H groups in total. The normalized spacial score (nSPS) is 11.3. The average Bonchev–Trinajstić information content (AvgIpc) is 3.14. The molecule has 0 atom stereocenters. The first-order valence-electron chi connectivity index (χ1n) is 17.5. The fourth-order valence-electron chi connectivity index (χ4n) is 4.82. The van der Waals surface area contributed by atoms with Gasteiger partial charge < -0.3 is 28.7 Å². The minimum absolute atomic E-state index is 0.0000823. The monoisotopic (exact) mass is 714 g/mol. The molecule has 0 fully saturated rings. The summed E-state index contributed by atoms with van der Waals surface area (Å²) in [5, 5.41) is 18.6. The van der Waals surface area contributed by atoms with Crippen molar-refractivity contribution in [2.75, 3.05) is 56.5 Å². The van der Waals surface area contributed by atoms with Gasteiger partial charge in [-0.25, -0.2) is 9.59 Å². The minimum atomic E-state index is -0.699. The van der Waals surface area contributed by atoms with Gasteiger partial charge in [-0.3, -0.25) is 9.59 Å². The van der Waals surface area contributed by atoms with E-state index in [0.29, 0.717) is 24.2 Å². The van der Waals surface area contributed by atoms with Crippen molar-refractivity contribution in [3.63, 3.8) is 0 Å². The van der Waals surface area contributed by atoms with Crippen LogP contribution in [0, 0.1) is 22.7 Å². The van der Waals surface area contributed by atoms with Crippen LogP contribution in [0.25, 0.3) is 12.2 Å². The summed E-state index contributed by atoms with van der Waals surface area (Å²) < 4.78 is 20.9. The molecule has 0 amide bonds. The number of Topliss-reactive ketones (excluding diaryl/α,β-unsaturated/α-hetero) is 1. The second-order valence-corrected chi connectivity index (χ2v) is 12.2. The molecule has 0 heterocycles. The molecule has 0 aliphatic carbocycles. The summed E-state index contributed by atoms with van der Waals surface area (Å²) in [6.45, 7) is 9.68. The molecule has 12 heteroatoms. The number of carbonyl (C=O) groups excluding carboxylic acids is 4. The standard InChI is InChI=1S/C40H50N4O8/c1-6-8-20-43(35-14-10-31(11-15-35)24-33(26-41)39(47)49-5)22-23-51-38(46)19-18-37(45)28-50-29-44(21-9-7-2)36-16-12-32(13-17-36)25-34(27-42)40(48)52-30(3)4/h10-17,24-25,30H,6-9,18-23,28-29H2,1-5H3/b33-24+,34-25+. The predicted molar refractivity (Wildman–Crippen MR) is 199 cm³/mol. The first-order chi connectivity index (χ1) is 25.0. The molecule has 0 aromatic heterocycles. The molecule has 0 saturated carbocycles. The molecule has 278 valence electrons. The van der Waals surface area contributed by atoms with E-state index in [1.54, 1.807) is 38.1 Å². The lowest BCUT2D eigenvalue weighted by molar-refractivity contribution is -0.145. The Kier molecular flexibility index (Phi) is 19.6.